The van der Waals surface area contributed by atoms with E-state index in [2.05, 4.69) is 64.1 Å². The number of hydrogen-bond donors (Lipinski definition) is 2. The van der Waals surface area contributed by atoms with Crippen molar-refractivity contribution in [2.24, 2.45) is 0 Å². The minimum atomic E-state index is 0.756. The second kappa shape index (κ2) is 5.66. The monoisotopic (exact) mass is 396 g/mol. The molecule has 0 aliphatic heterocycles. The molecule has 20 heavy (non-hydrogen) atoms. The second-order valence-corrected chi connectivity index (χ2v) is 6.42. The number of aromatic amines is 1. The minimum absolute atomic E-state index is 0.756. The Kier molecular flexibility index (Phi) is 3.89. The first-order valence-electron chi connectivity index (χ1n) is 6.39. The lowest BCUT2D eigenvalue weighted by Gasteiger charge is -2.07. The van der Waals surface area contributed by atoms with Crippen molar-refractivity contribution in [1.82, 2.24) is 4.98 Å². The summed E-state index contributed by atoms with van der Waals surface area (Å²) in [6.07, 6.45) is 2.03. The zero-order valence-electron chi connectivity index (χ0n) is 11.0. The number of H-pyrrole nitrogens is 1. The summed E-state index contributed by atoms with van der Waals surface area (Å²) in [6, 6.07) is 12.4. The molecule has 4 heteroatoms. The molecule has 0 radical (unpaired) electrons. The lowest BCUT2D eigenvalue weighted by Crippen LogP contribution is -1.99. The zero-order valence-corrected chi connectivity index (χ0v) is 13.9. The molecule has 0 amide bonds. The Morgan fingerprint density at radius 2 is 2.05 bits per heavy atom. The molecule has 0 aliphatic carbocycles. The largest absolute Gasteiger partial charge is 0.381 e. The van der Waals surface area contributed by atoms with Crippen molar-refractivity contribution in [3.05, 3.63) is 62.3 Å². The van der Waals surface area contributed by atoms with Crippen molar-refractivity contribution in [2.75, 3.05) is 5.32 Å². The lowest BCUT2D eigenvalue weighted by molar-refractivity contribution is 1.16. The molecule has 102 valence electrons. The molecule has 0 fully saturated rings. The number of fused-ring (bicyclic) bond motifs is 1. The van der Waals surface area contributed by atoms with E-state index >= 15 is 0 Å². The summed E-state index contributed by atoms with van der Waals surface area (Å²) in [7, 11) is 0. The smallest absolute Gasteiger partial charge is 0.0472 e. The highest BCUT2D eigenvalue weighted by atomic mass is 127. The quantitative estimate of drug-likeness (QED) is 0.574. The zero-order chi connectivity index (χ0) is 14.1. The average molecular weight is 397 g/mol. The minimum Gasteiger partial charge on any atom is -0.381 e. The van der Waals surface area contributed by atoms with E-state index in [9.17, 15) is 0 Å². The Bertz CT molecular complexity index is 764. The molecule has 2 N–H and O–H groups in total. The van der Waals surface area contributed by atoms with Crippen molar-refractivity contribution < 1.29 is 0 Å². The fourth-order valence-electron chi connectivity index (χ4n) is 2.20. The summed E-state index contributed by atoms with van der Waals surface area (Å²) >= 11 is 8.36. The van der Waals surface area contributed by atoms with Crippen molar-refractivity contribution in [2.45, 2.75) is 13.5 Å². The van der Waals surface area contributed by atoms with Crippen LogP contribution in [0.15, 0.2) is 42.6 Å². The van der Waals surface area contributed by atoms with Gasteiger partial charge < -0.3 is 10.3 Å². The van der Waals surface area contributed by atoms with Crippen LogP contribution in [0.3, 0.4) is 0 Å². The van der Waals surface area contributed by atoms with Crippen LogP contribution in [0.5, 0.6) is 0 Å². The number of halogens is 2. The maximum Gasteiger partial charge on any atom is 0.0472 e. The van der Waals surface area contributed by atoms with Gasteiger partial charge in [0.15, 0.2) is 0 Å². The second-order valence-electron chi connectivity index (χ2n) is 4.82. The molecule has 3 rings (SSSR count). The number of nitrogens with one attached hydrogen (secondary N) is 2. The van der Waals surface area contributed by atoms with Gasteiger partial charge in [-0.15, -0.1) is 0 Å². The topological polar surface area (TPSA) is 27.8 Å². The molecule has 0 saturated carbocycles. The number of rotatable bonds is 3. The normalized spacial score (nSPS) is 10.9. The molecule has 1 aromatic heterocycles. The first-order chi connectivity index (χ1) is 9.63. The summed E-state index contributed by atoms with van der Waals surface area (Å²) in [4.78, 5) is 3.26. The van der Waals surface area contributed by atoms with Gasteiger partial charge in [0.25, 0.3) is 0 Å². The average Bonchev–Trinajstić information content (AvgIpc) is 2.82. The highest BCUT2D eigenvalue weighted by Gasteiger charge is 2.04. The van der Waals surface area contributed by atoms with Crippen molar-refractivity contribution >= 4 is 50.8 Å². The number of aromatic nitrogens is 1. The molecular formula is C16H14ClIN2. The molecule has 1 heterocycles. The van der Waals surface area contributed by atoms with Gasteiger partial charge in [0.05, 0.1) is 0 Å². The summed E-state index contributed by atoms with van der Waals surface area (Å²) in [6.45, 7) is 2.91. The van der Waals surface area contributed by atoms with Crippen molar-refractivity contribution in [3.63, 3.8) is 0 Å². The van der Waals surface area contributed by atoms with Gasteiger partial charge in [-0.3, -0.25) is 0 Å². The van der Waals surface area contributed by atoms with Crippen LogP contribution >= 0.6 is 34.2 Å². The van der Waals surface area contributed by atoms with Gasteiger partial charge in [0, 0.05) is 37.9 Å². The summed E-state index contributed by atoms with van der Waals surface area (Å²) in [5, 5.41) is 5.43. The Labute approximate surface area is 136 Å². The molecule has 0 unspecified atom stereocenters. The fraction of sp³-hybridized carbons (Fsp3) is 0.125. The lowest BCUT2D eigenvalue weighted by atomic mass is 10.1. The molecule has 0 spiro atoms. The molecule has 3 aromatic rings. The third-order valence-electron chi connectivity index (χ3n) is 3.38. The third kappa shape index (κ3) is 2.79. The van der Waals surface area contributed by atoms with E-state index in [0.29, 0.717) is 0 Å². The standard InChI is InChI=1S/C16H14ClIN2/c1-10-2-4-13(7-15(10)18)19-8-11-9-20-16-6-12(17)3-5-14(11)16/h2-7,9,19-20H,8H2,1H3. The number of aryl methyl sites for hydroxylation is 1. The third-order valence-corrected chi connectivity index (χ3v) is 4.78. The van der Waals surface area contributed by atoms with Crippen molar-refractivity contribution in [1.29, 1.82) is 0 Å². The van der Waals surface area contributed by atoms with Gasteiger partial charge >= 0.3 is 0 Å². The molecule has 0 atom stereocenters. The van der Waals surface area contributed by atoms with Crippen LogP contribution in [0, 0.1) is 10.5 Å². The first kappa shape index (κ1) is 13.8. The highest BCUT2D eigenvalue weighted by Crippen LogP contribution is 2.23. The Hall–Kier alpha value is -1.20. The SMILES string of the molecule is Cc1ccc(NCc2c[nH]c3cc(Cl)ccc23)cc1I. The predicted octanol–water partition coefficient (Wildman–Crippen LogP) is 5.35. The van der Waals surface area contributed by atoms with Crippen LogP contribution < -0.4 is 5.32 Å². The first-order valence-corrected chi connectivity index (χ1v) is 7.85. The number of hydrogen-bond acceptors (Lipinski definition) is 1. The van der Waals surface area contributed by atoms with Gasteiger partial charge in [-0.1, -0.05) is 23.7 Å². The maximum atomic E-state index is 6.00. The van der Waals surface area contributed by atoms with Gasteiger partial charge in [-0.2, -0.15) is 0 Å². The Balaban J connectivity index is 1.81. The van der Waals surface area contributed by atoms with E-state index in [4.69, 9.17) is 11.6 Å². The van der Waals surface area contributed by atoms with Gasteiger partial charge in [-0.05, 0) is 64.9 Å². The van der Waals surface area contributed by atoms with Crippen LogP contribution in [-0.4, -0.2) is 4.98 Å². The predicted molar refractivity (Wildman–Crippen MR) is 94.5 cm³/mol. The summed E-state index contributed by atoms with van der Waals surface area (Å²) in [5.41, 5.74) is 4.77. The van der Waals surface area contributed by atoms with Crippen LogP contribution in [0.4, 0.5) is 5.69 Å². The molecular weight excluding hydrogens is 383 g/mol. The number of benzene rings is 2. The Morgan fingerprint density at radius 1 is 1.20 bits per heavy atom. The molecule has 2 aromatic carbocycles. The fourth-order valence-corrected chi connectivity index (χ4v) is 2.89. The van der Waals surface area contributed by atoms with E-state index in [1.54, 1.807) is 0 Å². The van der Waals surface area contributed by atoms with E-state index in [0.717, 1.165) is 22.8 Å². The number of anilines is 1. The van der Waals surface area contributed by atoms with E-state index in [1.165, 1.54) is 20.1 Å². The van der Waals surface area contributed by atoms with Gasteiger partial charge in [0.2, 0.25) is 0 Å². The maximum absolute atomic E-state index is 6.00. The van der Waals surface area contributed by atoms with E-state index in [1.807, 2.05) is 18.3 Å². The molecule has 0 bridgehead atoms. The molecule has 0 saturated heterocycles. The summed E-state index contributed by atoms with van der Waals surface area (Å²) in [5.74, 6) is 0. The van der Waals surface area contributed by atoms with Crippen LogP contribution in [0.2, 0.25) is 5.02 Å². The summed E-state index contributed by atoms with van der Waals surface area (Å²) < 4.78 is 1.28. The van der Waals surface area contributed by atoms with E-state index in [-0.39, 0.29) is 0 Å². The van der Waals surface area contributed by atoms with E-state index < -0.39 is 0 Å². The van der Waals surface area contributed by atoms with Crippen LogP contribution in [0.1, 0.15) is 11.1 Å². The molecule has 0 aliphatic rings. The Morgan fingerprint density at radius 3 is 2.85 bits per heavy atom. The highest BCUT2D eigenvalue weighted by molar-refractivity contribution is 14.1. The van der Waals surface area contributed by atoms with Gasteiger partial charge in [0.1, 0.15) is 0 Å². The molecule has 2 nitrogen and oxygen atoms in total. The van der Waals surface area contributed by atoms with Crippen molar-refractivity contribution in [3.8, 4) is 0 Å². The van der Waals surface area contributed by atoms with Crippen LogP contribution in [-0.2, 0) is 6.54 Å². The van der Waals surface area contributed by atoms with Gasteiger partial charge in [-0.25, -0.2) is 0 Å². The van der Waals surface area contributed by atoms with Crippen LogP contribution in [0.25, 0.3) is 10.9 Å².